The van der Waals surface area contributed by atoms with Crippen LogP contribution in [0.15, 0.2) is 76.6 Å². The summed E-state index contributed by atoms with van der Waals surface area (Å²) in [6.45, 7) is 0.261. The average Bonchev–Trinajstić information content (AvgIpc) is 2.80. The van der Waals surface area contributed by atoms with Crippen molar-refractivity contribution in [3.8, 4) is 0 Å². The lowest BCUT2D eigenvalue weighted by atomic mass is 10.1. The van der Waals surface area contributed by atoms with Gasteiger partial charge >= 0.3 is 11.7 Å². The fourth-order valence-electron chi connectivity index (χ4n) is 3.24. The highest BCUT2D eigenvalue weighted by atomic mass is 16.5. The topological polar surface area (TPSA) is 96.1 Å². The monoisotopic (exact) mass is 402 g/mol. The van der Waals surface area contributed by atoms with Crippen molar-refractivity contribution in [3.05, 3.63) is 105 Å². The summed E-state index contributed by atoms with van der Waals surface area (Å²) in [4.78, 5) is 46.2. The van der Waals surface area contributed by atoms with Gasteiger partial charge in [-0.25, -0.2) is 14.6 Å². The minimum atomic E-state index is -0.460. The maximum Gasteiger partial charge on any atom is 0.337 e. The predicted molar refractivity (Wildman–Crippen MR) is 110 cm³/mol. The lowest BCUT2D eigenvalue weighted by molar-refractivity contribution is 0.0600. The first kappa shape index (κ1) is 19.3. The molecule has 150 valence electrons. The maximum absolute atomic E-state index is 13.2. The molecule has 0 spiro atoms. The Labute approximate surface area is 171 Å². The number of rotatable bonds is 5. The van der Waals surface area contributed by atoms with E-state index in [0.29, 0.717) is 16.8 Å². The molecule has 0 N–H and O–H groups in total. The molecule has 0 bridgehead atoms. The fourth-order valence-corrected chi connectivity index (χ4v) is 3.24. The highest BCUT2D eigenvalue weighted by Gasteiger charge is 2.15. The van der Waals surface area contributed by atoms with E-state index in [1.807, 2.05) is 0 Å². The van der Waals surface area contributed by atoms with Gasteiger partial charge in [-0.05, 0) is 42.0 Å². The number of pyridine rings is 2. The second-order valence-corrected chi connectivity index (χ2v) is 6.64. The molecule has 8 heteroatoms. The van der Waals surface area contributed by atoms with Crippen LogP contribution in [0.5, 0.6) is 0 Å². The zero-order chi connectivity index (χ0) is 21.1. The van der Waals surface area contributed by atoms with Gasteiger partial charge in [-0.15, -0.1) is 0 Å². The molecule has 0 saturated carbocycles. The zero-order valence-corrected chi connectivity index (χ0v) is 16.2. The first-order chi connectivity index (χ1) is 14.6. The van der Waals surface area contributed by atoms with E-state index in [-0.39, 0.29) is 18.6 Å². The van der Waals surface area contributed by atoms with Gasteiger partial charge in [0.25, 0.3) is 5.56 Å². The lowest BCUT2D eigenvalue weighted by Gasteiger charge is -2.14. The van der Waals surface area contributed by atoms with Gasteiger partial charge < -0.3 is 4.74 Å². The van der Waals surface area contributed by atoms with E-state index in [1.54, 1.807) is 60.8 Å². The SMILES string of the molecule is COC(=O)c1ccc(Cn2c(=O)n(Cc3ccccn3)c(=O)c3ncccc32)cc1. The van der Waals surface area contributed by atoms with E-state index >= 15 is 0 Å². The minimum absolute atomic E-state index is 0.0479. The summed E-state index contributed by atoms with van der Waals surface area (Å²) in [6.07, 6.45) is 3.13. The molecule has 0 amide bonds. The molecule has 3 aromatic heterocycles. The maximum atomic E-state index is 13.2. The van der Waals surface area contributed by atoms with Crippen LogP contribution < -0.4 is 11.2 Å². The van der Waals surface area contributed by atoms with Crippen molar-refractivity contribution in [2.24, 2.45) is 0 Å². The Morgan fingerprint density at radius 2 is 1.67 bits per heavy atom. The molecule has 0 aliphatic rings. The van der Waals surface area contributed by atoms with Gasteiger partial charge in [0, 0.05) is 12.4 Å². The number of benzene rings is 1. The van der Waals surface area contributed by atoms with Crippen LogP contribution in [0.25, 0.3) is 11.0 Å². The third-order valence-corrected chi connectivity index (χ3v) is 4.75. The van der Waals surface area contributed by atoms with Crippen LogP contribution in [0.2, 0.25) is 0 Å². The average molecular weight is 402 g/mol. The minimum Gasteiger partial charge on any atom is -0.465 e. The number of methoxy groups -OCH3 is 1. The number of ether oxygens (including phenoxy) is 1. The Morgan fingerprint density at radius 3 is 2.37 bits per heavy atom. The predicted octanol–water partition coefficient (Wildman–Crippen LogP) is 1.84. The summed E-state index contributed by atoms with van der Waals surface area (Å²) >= 11 is 0. The van der Waals surface area contributed by atoms with Crippen molar-refractivity contribution < 1.29 is 9.53 Å². The molecule has 0 atom stereocenters. The van der Waals surface area contributed by atoms with Crippen molar-refractivity contribution in [3.63, 3.8) is 0 Å². The first-order valence-corrected chi connectivity index (χ1v) is 9.24. The third-order valence-electron chi connectivity index (χ3n) is 4.75. The van der Waals surface area contributed by atoms with E-state index in [2.05, 4.69) is 9.97 Å². The first-order valence-electron chi connectivity index (χ1n) is 9.24. The van der Waals surface area contributed by atoms with Gasteiger partial charge in [-0.3, -0.25) is 18.9 Å². The Hall–Kier alpha value is -4.07. The molecule has 3 heterocycles. The molecular formula is C22H18N4O4. The summed E-state index contributed by atoms with van der Waals surface area (Å²) < 4.78 is 7.35. The quantitative estimate of drug-likeness (QED) is 0.473. The highest BCUT2D eigenvalue weighted by Crippen LogP contribution is 2.11. The summed E-state index contributed by atoms with van der Waals surface area (Å²) in [6, 6.07) is 15.5. The van der Waals surface area contributed by atoms with Crippen LogP contribution in [0.1, 0.15) is 21.6 Å². The number of hydrogen-bond acceptors (Lipinski definition) is 6. The molecule has 0 saturated heterocycles. The largest absolute Gasteiger partial charge is 0.465 e. The van der Waals surface area contributed by atoms with E-state index < -0.39 is 17.2 Å². The standard InChI is InChI=1S/C22H18N4O4/c1-30-21(28)16-9-7-15(8-10-16)13-25-18-6-4-12-24-19(18)20(27)26(22(25)29)14-17-5-2-3-11-23-17/h2-12H,13-14H2,1H3. The highest BCUT2D eigenvalue weighted by molar-refractivity contribution is 5.89. The number of hydrogen-bond donors (Lipinski definition) is 0. The summed E-state index contributed by atoms with van der Waals surface area (Å²) in [7, 11) is 1.32. The van der Waals surface area contributed by atoms with Gasteiger partial charge in [0.2, 0.25) is 0 Å². The van der Waals surface area contributed by atoms with Gasteiger partial charge in [0.05, 0.1) is 37.0 Å². The van der Waals surface area contributed by atoms with E-state index in [9.17, 15) is 14.4 Å². The van der Waals surface area contributed by atoms with Gasteiger partial charge in [-0.2, -0.15) is 0 Å². The third kappa shape index (κ3) is 3.62. The molecule has 0 radical (unpaired) electrons. The zero-order valence-electron chi connectivity index (χ0n) is 16.2. The summed E-state index contributed by atoms with van der Waals surface area (Å²) in [5.74, 6) is -0.433. The molecule has 0 fully saturated rings. The van der Waals surface area contributed by atoms with Crippen molar-refractivity contribution >= 4 is 17.0 Å². The van der Waals surface area contributed by atoms with Gasteiger partial charge in [-0.1, -0.05) is 18.2 Å². The smallest absolute Gasteiger partial charge is 0.337 e. The van der Waals surface area contributed by atoms with Crippen LogP contribution in [-0.2, 0) is 17.8 Å². The van der Waals surface area contributed by atoms with Crippen LogP contribution in [0, 0.1) is 0 Å². The van der Waals surface area contributed by atoms with Crippen LogP contribution in [0.3, 0.4) is 0 Å². The molecule has 4 aromatic rings. The summed E-state index contributed by atoms with van der Waals surface area (Å²) in [5, 5.41) is 0. The molecule has 0 unspecified atom stereocenters. The molecule has 4 rings (SSSR count). The second-order valence-electron chi connectivity index (χ2n) is 6.64. The van der Waals surface area contributed by atoms with Crippen molar-refractivity contribution in [2.45, 2.75) is 13.1 Å². The van der Waals surface area contributed by atoms with Crippen LogP contribution >= 0.6 is 0 Å². The number of nitrogens with zero attached hydrogens (tertiary/aromatic N) is 4. The van der Waals surface area contributed by atoms with Crippen molar-refractivity contribution in [1.29, 1.82) is 0 Å². The van der Waals surface area contributed by atoms with E-state index in [0.717, 1.165) is 10.1 Å². The normalized spacial score (nSPS) is 10.8. The molecule has 0 aliphatic heterocycles. The molecule has 0 aliphatic carbocycles. The van der Waals surface area contributed by atoms with Gasteiger partial charge in [0.1, 0.15) is 0 Å². The molecule has 30 heavy (non-hydrogen) atoms. The Morgan fingerprint density at radius 1 is 0.900 bits per heavy atom. The Balaban J connectivity index is 1.82. The van der Waals surface area contributed by atoms with Crippen LogP contribution in [0.4, 0.5) is 0 Å². The molecular weight excluding hydrogens is 384 g/mol. The van der Waals surface area contributed by atoms with Gasteiger partial charge in [0.15, 0.2) is 5.52 Å². The van der Waals surface area contributed by atoms with Crippen LogP contribution in [-0.4, -0.2) is 32.2 Å². The molecule has 1 aromatic carbocycles. The summed E-state index contributed by atoms with van der Waals surface area (Å²) in [5.41, 5.74) is 1.54. The number of carbonyl (C=O) groups is 1. The fraction of sp³-hybridized carbons (Fsp3) is 0.136. The van der Waals surface area contributed by atoms with E-state index in [1.165, 1.54) is 17.9 Å². The Kier molecular flexibility index (Phi) is 5.21. The Bertz CT molecular complexity index is 1330. The number of esters is 1. The van der Waals surface area contributed by atoms with Crippen molar-refractivity contribution in [1.82, 2.24) is 19.1 Å². The van der Waals surface area contributed by atoms with Crippen molar-refractivity contribution in [2.75, 3.05) is 7.11 Å². The second kappa shape index (κ2) is 8.12. The number of carbonyl (C=O) groups excluding carboxylic acids is 1. The number of fused-ring (bicyclic) bond motifs is 1. The molecule has 8 nitrogen and oxygen atoms in total. The number of aromatic nitrogens is 4. The lowest BCUT2D eigenvalue weighted by Crippen LogP contribution is -2.41. The van der Waals surface area contributed by atoms with E-state index in [4.69, 9.17) is 4.74 Å².